The van der Waals surface area contributed by atoms with Crippen LogP contribution in [0.15, 0.2) is 41.5 Å². The molecule has 2 aromatic rings. The number of anilines is 1. The molecule has 0 atom stereocenters. The van der Waals surface area contributed by atoms with E-state index in [4.69, 9.17) is 5.73 Å². The molecule has 0 spiro atoms. The third-order valence-corrected chi connectivity index (χ3v) is 5.47. The SMILES string of the molecule is Cc1cccc(F)c1CN1CCCN(c2ccc(/C=N/NC(N)=S)cc2C(F)(F)F)CC1. The number of nitrogens with two attached hydrogens (primary N) is 1. The summed E-state index contributed by atoms with van der Waals surface area (Å²) in [6.07, 6.45) is -2.61. The molecule has 1 heterocycles. The molecule has 10 heteroatoms. The monoisotopic (exact) mass is 467 g/mol. The van der Waals surface area contributed by atoms with Crippen LogP contribution in [0.4, 0.5) is 23.2 Å². The third kappa shape index (κ3) is 6.17. The lowest BCUT2D eigenvalue weighted by atomic mass is 10.1. The van der Waals surface area contributed by atoms with Crippen LogP contribution in [0.3, 0.4) is 0 Å². The lowest BCUT2D eigenvalue weighted by Gasteiger charge is -2.27. The predicted molar refractivity (Wildman–Crippen MR) is 122 cm³/mol. The van der Waals surface area contributed by atoms with Crippen molar-refractivity contribution >= 4 is 29.2 Å². The molecule has 32 heavy (non-hydrogen) atoms. The number of nitrogens with one attached hydrogen (secondary N) is 1. The number of halogens is 4. The summed E-state index contributed by atoms with van der Waals surface area (Å²) in [5.41, 5.74) is 8.76. The lowest BCUT2D eigenvalue weighted by Crippen LogP contribution is -2.32. The molecule has 0 aliphatic carbocycles. The van der Waals surface area contributed by atoms with Gasteiger partial charge in [0.05, 0.1) is 11.8 Å². The maximum Gasteiger partial charge on any atom is 0.418 e. The Morgan fingerprint density at radius 1 is 1.19 bits per heavy atom. The van der Waals surface area contributed by atoms with Crippen molar-refractivity contribution in [2.24, 2.45) is 10.8 Å². The van der Waals surface area contributed by atoms with Crippen molar-refractivity contribution in [1.82, 2.24) is 10.3 Å². The first-order valence-corrected chi connectivity index (χ1v) is 10.6. The first-order chi connectivity index (χ1) is 15.1. The fraction of sp³-hybridized carbons (Fsp3) is 0.364. The second-order valence-electron chi connectivity index (χ2n) is 7.66. The van der Waals surface area contributed by atoms with Crippen LogP contribution in [0.5, 0.6) is 0 Å². The van der Waals surface area contributed by atoms with Crippen LogP contribution >= 0.6 is 12.2 Å². The lowest BCUT2D eigenvalue weighted by molar-refractivity contribution is -0.137. The van der Waals surface area contributed by atoms with Gasteiger partial charge in [0.2, 0.25) is 0 Å². The predicted octanol–water partition coefficient (Wildman–Crippen LogP) is 4.03. The topological polar surface area (TPSA) is 56.9 Å². The average molecular weight is 468 g/mol. The number of hydrogen-bond acceptors (Lipinski definition) is 4. The number of benzene rings is 2. The van der Waals surface area contributed by atoms with Crippen molar-refractivity contribution in [2.45, 2.75) is 26.1 Å². The van der Waals surface area contributed by atoms with E-state index in [9.17, 15) is 17.6 Å². The summed E-state index contributed by atoms with van der Waals surface area (Å²) in [7, 11) is 0. The summed E-state index contributed by atoms with van der Waals surface area (Å²) in [6.45, 7) is 4.40. The molecule has 0 aromatic heterocycles. The van der Waals surface area contributed by atoms with Crippen LogP contribution in [0, 0.1) is 12.7 Å². The second kappa shape index (κ2) is 10.3. The van der Waals surface area contributed by atoms with Crippen molar-refractivity contribution in [3.05, 3.63) is 64.5 Å². The van der Waals surface area contributed by atoms with Crippen LogP contribution in [0.25, 0.3) is 0 Å². The minimum atomic E-state index is -4.52. The van der Waals surface area contributed by atoms with Crippen molar-refractivity contribution in [1.29, 1.82) is 0 Å². The van der Waals surface area contributed by atoms with Gasteiger partial charge in [0.15, 0.2) is 5.11 Å². The number of alkyl halides is 3. The highest BCUT2D eigenvalue weighted by atomic mass is 32.1. The van der Waals surface area contributed by atoms with Gasteiger partial charge < -0.3 is 10.6 Å². The highest BCUT2D eigenvalue weighted by Crippen LogP contribution is 2.37. The summed E-state index contributed by atoms with van der Waals surface area (Å²) < 4.78 is 55.6. The molecule has 0 saturated carbocycles. The van der Waals surface area contributed by atoms with E-state index in [1.807, 2.05) is 13.0 Å². The van der Waals surface area contributed by atoms with E-state index in [2.05, 4.69) is 27.6 Å². The number of hydrogen-bond donors (Lipinski definition) is 2. The van der Waals surface area contributed by atoms with Gasteiger partial charge in [0, 0.05) is 44.0 Å². The van der Waals surface area contributed by atoms with Crippen molar-refractivity contribution in [2.75, 3.05) is 31.1 Å². The Morgan fingerprint density at radius 3 is 2.66 bits per heavy atom. The molecular weight excluding hydrogens is 442 g/mol. The van der Waals surface area contributed by atoms with Gasteiger partial charge >= 0.3 is 6.18 Å². The first-order valence-electron chi connectivity index (χ1n) is 10.2. The van der Waals surface area contributed by atoms with E-state index in [1.165, 1.54) is 18.3 Å². The highest BCUT2D eigenvalue weighted by Gasteiger charge is 2.35. The normalized spacial score (nSPS) is 15.7. The molecule has 0 radical (unpaired) electrons. The van der Waals surface area contributed by atoms with Crippen LogP contribution in [0.2, 0.25) is 0 Å². The summed E-state index contributed by atoms with van der Waals surface area (Å²) in [6, 6.07) is 9.06. The molecule has 3 rings (SSSR count). The van der Waals surface area contributed by atoms with Gasteiger partial charge in [-0.15, -0.1) is 0 Å². The maximum absolute atomic E-state index is 14.2. The second-order valence-corrected chi connectivity index (χ2v) is 8.10. The Hall–Kier alpha value is -2.72. The fourth-order valence-electron chi connectivity index (χ4n) is 3.77. The Kier molecular flexibility index (Phi) is 7.68. The van der Waals surface area contributed by atoms with Gasteiger partial charge in [-0.1, -0.05) is 18.2 Å². The minimum absolute atomic E-state index is 0.0754. The number of rotatable bonds is 5. The van der Waals surface area contributed by atoms with E-state index in [1.54, 1.807) is 17.0 Å². The third-order valence-electron chi connectivity index (χ3n) is 5.38. The number of thiocarbonyl (C=S) groups is 1. The Labute approximate surface area is 189 Å². The van der Waals surface area contributed by atoms with Gasteiger partial charge in [0.1, 0.15) is 5.82 Å². The zero-order chi connectivity index (χ0) is 23.3. The number of aryl methyl sites for hydroxylation is 1. The van der Waals surface area contributed by atoms with E-state index >= 15 is 0 Å². The van der Waals surface area contributed by atoms with Crippen LogP contribution in [0.1, 0.15) is 28.7 Å². The van der Waals surface area contributed by atoms with Crippen molar-refractivity contribution < 1.29 is 17.6 Å². The van der Waals surface area contributed by atoms with Gasteiger partial charge in [-0.05, 0) is 54.9 Å². The minimum Gasteiger partial charge on any atom is -0.375 e. The average Bonchev–Trinajstić information content (AvgIpc) is 2.95. The van der Waals surface area contributed by atoms with Gasteiger partial charge in [-0.25, -0.2) is 4.39 Å². The Morgan fingerprint density at radius 2 is 1.97 bits per heavy atom. The molecule has 1 aliphatic rings. The standard InChI is InChI=1S/C22H25F4N5S/c1-15-4-2-5-19(23)17(15)14-30-8-3-9-31(11-10-30)20-7-6-16(13-28-29-21(27)32)12-18(20)22(24,25)26/h2,4-7,12-13H,3,8-11,14H2,1H3,(H3,27,29,32)/b28-13+. The molecule has 2 aromatic carbocycles. The molecule has 1 saturated heterocycles. The molecular formula is C22H25F4N5S. The van der Waals surface area contributed by atoms with Gasteiger partial charge in [0.25, 0.3) is 0 Å². The van der Waals surface area contributed by atoms with Gasteiger partial charge in [-0.2, -0.15) is 18.3 Å². The Balaban J connectivity index is 1.77. The van der Waals surface area contributed by atoms with Crippen molar-refractivity contribution in [3.63, 3.8) is 0 Å². The molecule has 1 aliphatic heterocycles. The fourth-order valence-corrected chi connectivity index (χ4v) is 3.82. The first kappa shape index (κ1) is 23.9. The molecule has 5 nitrogen and oxygen atoms in total. The highest BCUT2D eigenvalue weighted by molar-refractivity contribution is 7.80. The molecule has 0 bridgehead atoms. The number of hydrazone groups is 1. The van der Waals surface area contributed by atoms with Crippen LogP contribution in [-0.2, 0) is 12.7 Å². The number of nitrogens with zero attached hydrogens (tertiary/aromatic N) is 3. The van der Waals surface area contributed by atoms with E-state index in [-0.39, 0.29) is 22.2 Å². The largest absolute Gasteiger partial charge is 0.418 e. The molecule has 0 amide bonds. The summed E-state index contributed by atoms with van der Waals surface area (Å²) in [5.74, 6) is -0.257. The molecule has 1 fully saturated rings. The zero-order valence-electron chi connectivity index (χ0n) is 17.6. The van der Waals surface area contributed by atoms with Crippen molar-refractivity contribution in [3.8, 4) is 0 Å². The smallest absolute Gasteiger partial charge is 0.375 e. The molecule has 0 unspecified atom stereocenters. The summed E-state index contributed by atoms with van der Waals surface area (Å²) in [4.78, 5) is 3.83. The molecule has 3 N–H and O–H groups in total. The van der Waals surface area contributed by atoms with E-state index < -0.39 is 11.7 Å². The van der Waals surface area contributed by atoms with Crippen LogP contribution in [-0.4, -0.2) is 42.4 Å². The summed E-state index contributed by atoms with van der Waals surface area (Å²) >= 11 is 4.62. The Bertz CT molecular complexity index is 973. The summed E-state index contributed by atoms with van der Waals surface area (Å²) in [5, 5.41) is 3.65. The van der Waals surface area contributed by atoms with E-state index in [0.717, 1.165) is 11.6 Å². The quantitative estimate of drug-likeness (QED) is 0.301. The maximum atomic E-state index is 14.2. The van der Waals surface area contributed by atoms with Crippen LogP contribution < -0.4 is 16.1 Å². The zero-order valence-corrected chi connectivity index (χ0v) is 18.4. The van der Waals surface area contributed by atoms with E-state index in [0.29, 0.717) is 44.7 Å². The van der Waals surface area contributed by atoms with Gasteiger partial charge in [-0.3, -0.25) is 10.3 Å². The molecule has 172 valence electrons.